The van der Waals surface area contributed by atoms with Gasteiger partial charge in [0.2, 0.25) is 12.7 Å². The number of benzene rings is 2. The molecule has 27 heavy (non-hydrogen) atoms. The smallest absolute Gasteiger partial charge is 0.340 e. The third kappa shape index (κ3) is 3.95. The van der Waals surface area contributed by atoms with Crippen LogP contribution in [0.5, 0.6) is 23.0 Å². The number of fused-ring (bicyclic) bond motifs is 1. The van der Waals surface area contributed by atoms with Crippen LogP contribution in [-0.2, 0) is 9.53 Å². The van der Waals surface area contributed by atoms with Crippen molar-refractivity contribution in [3.8, 4) is 23.0 Å². The Morgan fingerprint density at radius 3 is 2.59 bits per heavy atom. The number of rotatable bonds is 5. The van der Waals surface area contributed by atoms with E-state index in [9.17, 15) is 14.7 Å². The van der Waals surface area contributed by atoms with Gasteiger partial charge in [0.05, 0.1) is 25.5 Å². The third-order valence-electron chi connectivity index (χ3n) is 3.81. The van der Waals surface area contributed by atoms with Crippen LogP contribution in [0.1, 0.15) is 15.9 Å². The van der Waals surface area contributed by atoms with Gasteiger partial charge >= 0.3 is 5.97 Å². The molecule has 0 unspecified atom stereocenters. The first-order chi connectivity index (χ1) is 13.0. The molecule has 0 radical (unpaired) electrons. The highest BCUT2D eigenvalue weighted by Crippen LogP contribution is 2.37. The lowest BCUT2D eigenvalue weighted by atomic mass is 10.1. The van der Waals surface area contributed by atoms with E-state index in [1.165, 1.54) is 38.5 Å². The maximum absolute atomic E-state index is 12.3. The van der Waals surface area contributed by atoms with Gasteiger partial charge in [0, 0.05) is 18.2 Å². The number of phenols is 1. The minimum atomic E-state index is -0.615. The summed E-state index contributed by atoms with van der Waals surface area (Å²) in [5.74, 6) is 0.0377. The molecule has 0 saturated carbocycles. The van der Waals surface area contributed by atoms with Crippen LogP contribution in [0.2, 0.25) is 0 Å². The topological polar surface area (TPSA) is 103 Å². The minimum Gasteiger partial charge on any atom is -0.504 e. The van der Waals surface area contributed by atoms with Crippen molar-refractivity contribution in [2.45, 2.75) is 0 Å². The van der Waals surface area contributed by atoms with Crippen molar-refractivity contribution in [1.29, 1.82) is 0 Å². The van der Waals surface area contributed by atoms with Gasteiger partial charge in [0.1, 0.15) is 0 Å². The summed E-state index contributed by atoms with van der Waals surface area (Å²) in [5, 5.41) is 12.2. The standard InChI is InChI=1S/C19H17NO7/c1-24-15-7-11(3-5-14(15)21)4-6-18(22)20-13-9-17-16(26-10-27-17)8-12(13)19(23)25-2/h3-9,21H,10H2,1-2H3,(H,20,22)/b6-4+. The molecule has 2 N–H and O–H groups in total. The maximum atomic E-state index is 12.3. The van der Waals surface area contributed by atoms with Crippen molar-refractivity contribution in [1.82, 2.24) is 0 Å². The number of carbonyl (C=O) groups is 2. The second-order valence-electron chi connectivity index (χ2n) is 5.50. The lowest BCUT2D eigenvalue weighted by molar-refractivity contribution is -0.111. The van der Waals surface area contributed by atoms with Crippen molar-refractivity contribution in [3.05, 3.63) is 47.5 Å². The van der Waals surface area contributed by atoms with Crippen molar-refractivity contribution < 1.29 is 33.6 Å². The molecule has 0 aromatic heterocycles. The summed E-state index contributed by atoms with van der Waals surface area (Å²) in [4.78, 5) is 24.2. The van der Waals surface area contributed by atoms with Crippen molar-refractivity contribution in [2.24, 2.45) is 0 Å². The summed E-state index contributed by atoms with van der Waals surface area (Å²) in [6.07, 6.45) is 2.83. The SMILES string of the molecule is COC(=O)c1cc2c(cc1NC(=O)/C=C/c1ccc(O)c(OC)c1)OCO2. The minimum absolute atomic E-state index is 0.00202. The molecule has 2 aromatic rings. The molecule has 0 aliphatic carbocycles. The number of nitrogens with one attached hydrogen (secondary N) is 1. The quantitative estimate of drug-likeness (QED) is 0.615. The Morgan fingerprint density at radius 2 is 1.89 bits per heavy atom. The zero-order chi connectivity index (χ0) is 19.4. The van der Waals surface area contributed by atoms with E-state index in [0.29, 0.717) is 22.8 Å². The summed E-state index contributed by atoms with van der Waals surface area (Å²) in [6, 6.07) is 7.63. The van der Waals surface area contributed by atoms with Gasteiger partial charge in [-0.3, -0.25) is 4.79 Å². The van der Waals surface area contributed by atoms with Crippen LogP contribution in [0.4, 0.5) is 5.69 Å². The van der Waals surface area contributed by atoms with E-state index >= 15 is 0 Å². The van der Waals surface area contributed by atoms with Gasteiger partial charge in [-0.05, 0) is 23.8 Å². The highest BCUT2D eigenvalue weighted by molar-refractivity contribution is 6.07. The Balaban J connectivity index is 1.80. The molecular weight excluding hydrogens is 354 g/mol. The van der Waals surface area contributed by atoms with Crippen molar-refractivity contribution >= 4 is 23.6 Å². The van der Waals surface area contributed by atoms with Crippen LogP contribution < -0.4 is 19.5 Å². The number of phenolic OH excluding ortho intramolecular Hbond substituents is 1. The second-order valence-corrected chi connectivity index (χ2v) is 5.50. The molecule has 0 bridgehead atoms. The number of aromatic hydroxyl groups is 1. The van der Waals surface area contributed by atoms with E-state index in [2.05, 4.69) is 5.32 Å². The first kappa shape index (κ1) is 18.1. The molecule has 1 amide bonds. The van der Waals surface area contributed by atoms with Gasteiger partial charge in [0.15, 0.2) is 23.0 Å². The fraction of sp³-hybridized carbons (Fsp3) is 0.158. The molecule has 140 valence electrons. The summed E-state index contributed by atoms with van der Waals surface area (Å²) >= 11 is 0. The second kappa shape index (κ2) is 7.69. The zero-order valence-electron chi connectivity index (χ0n) is 14.6. The third-order valence-corrected chi connectivity index (χ3v) is 3.81. The highest BCUT2D eigenvalue weighted by atomic mass is 16.7. The number of amides is 1. The maximum Gasteiger partial charge on any atom is 0.340 e. The van der Waals surface area contributed by atoms with Gasteiger partial charge in [-0.25, -0.2) is 4.79 Å². The predicted octanol–water partition coefficient (Wildman–Crippen LogP) is 2.57. The van der Waals surface area contributed by atoms with Crippen LogP contribution in [0.15, 0.2) is 36.4 Å². The largest absolute Gasteiger partial charge is 0.504 e. The van der Waals surface area contributed by atoms with Crippen molar-refractivity contribution in [3.63, 3.8) is 0 Å². The molecular formula is C19H17NO7. The first-order valence-corrected chi connectivity index (χ1v) is 7.90. The van der Waals surface area contributed by atoms with Gasteiger partial charge in [-0.1, -0.05) is 6.07 Å². The molecule has 0 spiro atoms. The van der Waals surface area contributed by atoms with Crippen LogP contribution in [-0.4, -0.2) is 38.0 Å². The molecule has 1 heterocycles. The van der Waals surface area contributed by atoms with Gasteiger partial charge in [-0.2, -0.15) is 0 Å². The fourth-order valence-corrected chi connectivity index (χ4v) is 2.47. The number of hydrogen-bond acceptors (Lipinski definition) is 7. The van der Waals surface area contributed by atoms with Gasteiger partial charge in [-0.15, -0.1) is 0 Å². The lowest BCUT2D eigenvalue weighted by Gasteiger charge is -2.10. The van der Waals surface area contributed by atoms with Crippen molar-refractivity contribution in [2.75, 3.05) is 26.3 Å². The Labute approximate surface area is 154 Å². The zero-order valence-corrected chi connectivity index (χ0v) is 14.6. The average Bonchev–Trinajstić information content (AvgIpc) is 3.13. The van der Waals surface area contributed by atoms with E-state index in [1.54, 1.807) is 18.2 Å². The molecule has 0 saturated heterocycles. The van der Waals surface area contributed by atoms with E-state index in [4.69, 9.17) is 18.9 Å². The molecule has 8 nitrogen and oxygen atoms in total. The van der Waals surface area contributed by atoms with Gasteiger partial charge in [0.25, 0.3) is 0 Å². The molecule has 1 aliphatic heterocycles. The number of methoxy groups -OCH3 is 2. The van der Waals surface area contributed by atoms with E-state index in [1.807, 2.05) is 0 Å². The molecule has 8 heteroatoms. The Bertz CT molecular complexity index is 921. The molecule has 3 rings (SSSR count). The Hall–Kier alpha value is -3.68. The molecule has 1 aliphatic rings. The Morgan fingerprint density at radius 1 is 1.15 bits per heavy atom. The highest BCUT2D eigenvalue weighted by Gasteiger charge is 2.22. The van der Waals surface area contributed by atoms with Crippen LogP contribution in [0.25, 0.3) is 6.08 Å². The molecule has 0 fully saturated rings. The average molecular weight is 371 g/mol. The first-order valence-electron chi connectivity index (χ1n) is 7.90. The van der Waals surface area contributed by atoms with Crippen LogP contribution in [0, 0.1) is 0 Å². The number of esters is 1. The summed E-state index contributed by atoms with van der Waals surface area (Å²) in [5.41, 5.74) is 1.04. The van der Waals surface area contributed by atoms with E-state index in [0.717, 1.165) is 0 Å². The number of anilines is 1. The summed E-state index contributed by atoms with van der Waals surface area (Å²) in [6.45, 7) is 0.0376. The van der Waals surface area contributed by atoms with Gasteiger partial charge < -0.3 is 29.4 Å². The number of ether oxygens (including phenoxy) is 4. The van der Waals surface area contributed by atoms with Crippen LogP contribution >= 0.6 is 0 Å². The number of hydrogen-bond donors (Lipinski definition) is 2. The summed E-state index contributed by atoms with van der Waals surface area (Å²) in [7, 11) is 2.68. The monoisotopic (exact) mass is 371 g/mol. The molecule has 0 atom stereocenters. The fourth-order valence-electron chi connectivity index (χ4n) is 2.47. The summed E-state index contributed by atoms with van der Waals surface area (Å²) < 4.78 is 20.3. The normalized spacial score (nSPS) is 12.1. The van der Waals surface area contributed by atoms with E-state index in [-0.39, 0.29) is 23.8 Å². The molecule has 2 aromatic carbocycles. The van der Waals surface area contributed by atoms with E-state index < -0.39 is 11.9 Å². The lowest BCUT2D eigenvalue weighted by Crippen LogP contribution is -2.13. The van der Waals surface area contributed by atoms with Crippen LogP contribution in [0.3, 0.4) is 0 Å². The number of carbonyl (C=O) groups excluding carboxylic acids is 2. The Kier molecular flexibility index (Phi) is 5.16. The predicted molar refractivity (Wildman–Crippen MR) is 96.2 cm³/mol.